The van der Waals surface area contributed by atoms with Crippen LogP contribution in [0.2, 0.25) is 0 Å². The third kappa shape index (κ3) is 3.80. The number of thioether (sulfide) groups is 1. The average molecular weight is 223 g/mol. The van der Waals surface area contributed by atoms with Crippen LogP contribution in [0.15, 0.2) is 18.5 Å². The normalized spacial score (nSPS) is 17.9. The third-order valence-corrected chi connectivity index (χ3v) is 3.73. The third-order valence-electron chi connectivity index (χ3n) is 2.68. The Labute approximate surface area is 95.1 Å². The van der Waals surface area contributed by atoms with Crippen LogP contribution < -0.4 is 5.32 Å². The number of nitrogens with one attached hydrogen (secondary N) is 1. The van der Waals surface area contributed by atoms with Gasteiger partial charge in [-0.3, -0.25) is 0 Å². The van der Waals surface area contributed by atoms with Gasteiger partial charge < -0.3 is 5.32 Å². The molecule has 82 valence electrons. The first-order chi connectivity index (χ1) is 7.45. The summed E-state index contributed by atoms with van der Waals surface area (Å²) in [6.07, 6.45) is 6.29. The van der Waals surface area contributed by atoms with Crippen LogP contribution in [-0.4, -0.2) is 28.0 Å². The van der Waals surface area contributed by atoms with Crippen LogP contribution in [0.25, 0.3) is 0 Å². The number of nitrogens with zero attached hydrogens (tertiary/aromatic N) is 2. The lowest BCUT2D eigenvalue weighted by Crippen LogP contribution is -2.25. The van der Waals surface area contributed by atoms with E-state index in [0.29, 0.717) is 0 Å². The molecule has 0 aromatic carbocycles. The van der Waals surface area contributed by atoms with E-state index in [2.05, 4.69) is 27.0 Å². The maximum atomic E-state index is 4.18. The van der Waals surface area contributed by atoms with E-state index in [9.17, 15) is 0 Å². The Kier molecular flexibility index (Phi) is 4.41. The van der Waals surface area contributed by atoms with E-state index in [4.69, 9.17) is 0 Å². The molecule has 1 N–H and O–H groups in total. The predicted molar refractivity (Wildman–Crippen MR) is 63.8 cm³/mol. The van der Waals surface area contributed by atoms with Crippen LogP contribution in [-0.2, 0) is 6.54 Å². The summed E-state index contributed by atoms with van der Waals surface area (Å²) in [5.74, 6) is 4.40. The first-order valence-corrected chi connectivity index (χ1v) is 6.65. The predicted octanol–water partition coefficient (Wildman–Crippen LogP) is 1.71. The molecule has 15 heavy (non-hydrogen) atoms. The number of hydrogen-bond acceptors (Lipinski definition) is 4. The van der Waals surface area contributed by atoms with Crippen LogP contribution in [0.3, 0.4) is 0 Å². The van der Waals surface area contributed by atoms with Gasteiger partial charge in [-0.15, -0.1) is 0 Å². The van der Waals surface area contributed by atoms with E-state index in [1.165, 1.54) is 24.3 Å². The zero-order valence-corrected chi connectivity index (χ0v) is 9.67. The van der Waals surface area contributed by atoms with Gasteiger partial charge in [0.2, 0.25) is 0 Å². The van der Waals surface area contributed by atoms with Gasteiger partial charge >= 0.3 is 0 Å². The summed E-state index contributed by atoms with van der Waals surface area (Å²) in [5.41, 5.74) is 0. The molecule has 1 aliphatic rings. The number of hydrogen-bond donors (Lipinski definition) is 1. The van der Waals surface area contributed by atoms with Crippen molar-refractivity contribution in [2.24, 2.45) is 5.92 Å². The van der Waals surface area contributed by atoms with Crippen LogP contribution in [0, 0.1) is 5.92 Å². The second kappa shape index (κ2) is 6.08. The first-order valence-electron chi connectivity index (χ1n) is 5.49. The van der Waals surface area contributed by atoms with Crippen LogP contribution in [0.1, 0.15) is 18.7 Å². The summed E-state index contributed by atoms with van der Waals surface area (Å²) < 4.78 is 0. The van der Waals surface area contributed by atoms with Gasteiger partial charge in [0.15, 0.2) is 0 Å². The number of aromatic nitrogens is 2. The molecule has 0 amide bonds. The van der Waals surface area contributed by atoms with Gasteiger partial charge in [0, 0.05) is 12.4 Å². The molecule has 4 heteroatoms. The fraction of sp³-hybridized carbons (Fsp3) is 0.636. The minimum Gasteiger partial charge on any atom is -0.310 e. The molecule has 1 aliphatic heterocycles. The van der Waals surface area contributed by atoms with E-state index in [0.717, 1.165) is 24.8 Å². The molecule has 0 bridgehead atoms. The lowest BCUT2D eigenvalue weighted by Gasteiger charge is -2.21. The van der Waals surface area contributed by atoms with E-state index < -0.39 is 0 Å². The fourth-order valence-corrected chi connectivity index (χ4v) is 2.96. The first kappa shape index (κ1) is 10.9. The second-order valence-electron chi connectivity index (χ2n) is 3.85. The van der Waals surface area contributed by atoms with E-state index in [-0.39, 0.29) is 0 Å². The van der Waals surface area contributed by atoms with E-state index in [1.807, 2.05) is 6.07 Å². The largest absolute Gasteiger partial charge is 0.310 e. The molecule has 1 aromatic heterocycles. The van der Waals surface area contributed by atoms with E-state index >= 15 is 0 Å². The molecule has 3 nitrogen and oxygen atoms in total. The fourth-order valence-electron chi connectivity index (χ4n) is 1.76. The van der Waals surface area contributed by atoms with Gasteiger partial charge in [-0.1, -0.05) is 0 Å². The lowest BCUT2D eigenvalue weighted by molar-refractivity contribution is 0.444. The van der Waals surface area contributed by atoms with Crippen molar-refractivity contribution < 1.29 is 0 Å². The van der Waals surface area contributed by atoms with Gasteiger partial charge in [0.1, 0.15) is 5.82 Å². The molecule has 2 rings (SSSR count). The van der Waals surface area contributed by atoms with Gasteiger partial charge in [-0.25, -0.2) is 9.97 Å². The van der Waals surface area contributed by atoms with Crippen molar-refractivity contribution in [2.75, 3.05) is 18.1 Å². The zero-order chi connectivity index (χ0) is 10.3. The molecular weight excluding hydrogens is 206 g/mol. The molecule has 1 aromatic rings. The maximum absolute atomic E-state index is 4.18. The van der Waals surface area contributed by atoms with E-state index in [1.54, 1.807) is 12.4 Å². The monoisotopic (exact) mass is 223 g/mol. The molecule has 0 radical (unpaired) electrons. The summed E-state index contributed by atoms with van der Waals surface area (Å²) >= 11 is 2.08. The standard InChI is InChI=1S/C11H17N3S/c1-4-13-11(14-5-1)9-12-8-10-2-6-15-7-3-10/h1,4-5,10,12H,2-3,6-9H2. The Bertz CT molecular complexity index is 272. The molecule has 2 heterocycles. The van der Waals surface area contributed by atoms with Crippen molar-refractivity contribution in [1.82, 2.24) is 15.3 Å². The van der Waals surface area contributed by atoms with Crippen molar-refractivity contribution in [3.8, 4) is 0 Å². The topological polar surface area (TPSA) is 37.8 Å². The SMILES string of the molecule is c1cnc(CNCC2CCSCC2)nc1. The Hall–Kier alpha value is -0.610. The lowest BCUT2D eigenvalue weighted by atomic mass is 10.0. The highest BCUT2D eigenvalue weighted by Crippen LogP contribution is 2.21. The van der Waals surface area contributed by atoms with Crippen molar-refractivity contribution in [2.45, 2.75) is 19.4 Å². The van der Waals surface area contributed by atoms with Crippen molar-refractivity contribution in [3.05, 3.63) is 24.3 Å². The quantitative estimate of drug-likeness (QED) is 0.843. The molecule has 1 fully saturated rings. The summed E-state index contributed by atoms with van der Waals surface area (Å²) in [5, 5.41) is 3.44. The van der Waals surface area contributed by atoms with Crippen LogP contribution >= 0.6 is 11.8 Å². The highest BCUT2D eigenvalue weighted by molar-refractivity contribution is 7.99. The van der Waals surface area contributed by atoms with Gasteiger partial charge in [-0.2, -0.15) is 11.8 Å². The summed E-state index contributed by atoms with van der Waals surface area (Å²) in [4.78, 5) is 8.37. The van der Waals surface area contributed by atoms with Gasteiger partial charge in [0.05, 0.1) is 6.54 Å². The smallest absolute Gasteiger partial charge is 0.141 e. The summed E-state index contributed by atoms with van der Waals surface area (Å²) in [6.45, 7) is 1.91. The molecule has 0 spiro atoms. The highest BCUT2D eigenvalue weighted by Gasteiger charge is 2.12. The highest BCUT2D eigenvalue weighted by atomic mass is 32.2. The Morgan fingerprint density at radius 3 is 2.73 bits per heavy atom. The average Bonchev–Trinajstić information content (AvgIpc) is 2.32. The Morgan fingerprint density at radius 1 is 1.27 bits per heavy atom. The maximum Gasteiger partial charge on any atom is 0.141 e. The van der Waals surface area contributed by atoms with Crippen LogP contribution in [0.5, 0.6) is 0 Å². The van der Waals surface area contributed by atoms with Crippen molar-refractivity contribution in [3.63, 3.8) is 0 Å². The van der Waals surface area contributed by atoms with Gasteiger partial charge in [-0.05, 0) is 42.9 Å². The summed E-state index contributed by atoms with van der Waals surface area (Å²) in [7, 11) is 0. The number of rotatable bonds is 4. The molecule has 0 unspecified atom stereocenters. The molecule has 0 saturated carbocycles. The molecule has 0 atom stereocenters. The van der Waals surface area contributed by atoms with Crippen molar-refractivity contribution in [1.29, 1.82) is 0 Å². The second-order valence-corrected chi connectivity index (χ2v) is 5.08. The van der Waals surface area contributed by atoms with Crippen molar-refractivity contribution >= 4 is 11.8 Å². The summed E-state index contributed by atoms with van der Waals surface area (Å²) in [6, 6.07) is 1.85. The molecule has 0 aliphatic carbocycles. The minimum absolute atomic E-state index is 0.796. The molecular formula is C11H17N3S. The van der Waals surface area contributed by atoms with Crippen LogP contribution in [0.4, 0.5) is 0 Å². The Morgan fingerprint density at radius 2 is 2.00 bits per heavy atom. The van der Waals surface area contributed by atoms with Gasteiger partial charge in [0.25, 0.3) is 0 Å². The molecule has 1 saturated heterocycles. The zero-order valence-electron chi connectivity index (χ0n) is 8.85. The Balaban J connectivity index is 1.66. The minimum atomic E-state index is 0.796.